The van der Waals surface area contributed by atoms with Crippen LogP contribution in [0.4, 0.5) is 0 Å². The molecule has 110 valence electrons. The minimum atomic E-state index is -1.32. The number of carboxylic acids is 1. The molecule has 0 fully saturated rings. The Kier molecular flexibility index (Phi) is 5.24. The van der Waals surface area contributed by atoms with Crippen LogP contribution in [0.5, 0.6) is 0 Å². The van der Waals surface area contributed by atoms with Crippen LogP contribution in [-0.2, 0) is 11.3 Å². The second kappa shape index (κ2) is 6.49. The van der Waals surface area contributed by atoms with Crippen LogP contribution >= 0.6 is 0 Å². The number of hydrogen-bond donors (Lipinski definition) is 3. The van der Waals surface area contributed by atoms with Crippen LogP contribution in [0.1, 0.15) is 29.8 Å². The normalized spacial score (nSPS) is 12.8. The molecule has 0 heterocycles. The number of carboxylic acid groups (broad SMARTS) is 1. The summed E-state index contributed by atoms with van der Waals surface area (Å²) in [5, 5.41) is 32.0. The predicted octanol–water partition coefficient (Wildman–Crippen LogP) is -0.954. The minimum absolute atomic E-state index is 0.0570. The van der Waals surface area contributed by atoms with Crippen molar-refractivity contribution in [3.63, 3.8) is 0 Å². The van der Waals surface area contributed by atoms with Crippen molar-refractivity contribution < 1.29 is 24.9 Å². The number of amides is 1. The molecule has 0 spiro atoms. The van der Waals surface area contributed by atoms with Crippen LogP contribution in [0.15, 0.2) is 24.3 Å². The summed E-state index contributed by atoms with van der Waals surface area (Å²) < 4.78 is 0. The number of aliphatic hydroxyl groups excluding tert-OH is 2. The molecule has 0 saturated carbocycles. The van der Waals surface area contributed by atoms with E-state index in [0.29, 0.717) is 5.56 Å². The van der Waals surface area contributed by atoms with Crippen LogP contribution in [0, 0.1) is 5.41 Å². The average molecular weight is 280 g/mol. The zero-order valence-electron chi connectivity index (χ0n) is 11.4. The van der Waals surface area contributed by atoms with Gasteiger partial charge in [0.05, 0.1) is 12.6 Å². The van der Waals surface area contributed by atoms with E-state index in [0.717, 1.165) is 0 Å². The average Bonchev–Trinajstić information content (AvgIpc) is 2.44. The fourth-order valence-electron chi connectivity index (χ4n) is 1.49. The standard InChI is InChI=1S/C14H19NO5/c1-14(2,8-16)11(17)12(18)15-7-9-3-5-10(6-4-9)13(19)20/h3-6,11,16-17H,7-8H2,1-2H3,(H,15,18)(H,19,20)/p-1/t11-/m1/s1. The van der Waals surface area contributed by atoms with Gasteiger partial charge < -0.3 is 25.4 Å². The summed E-state index contributed by atoms with van der Waals surface area (Å²) in [7, 11) is 0. The summed E-state index contributed by atoms with van der Waals surface area (Å²) in [6.45, 7) is 2.99. The third-order valence-corrected chi connectivity index (χ3v) is 3.05. The Morgan fingerprint density at radius 1 is 1.30 bits per heavy atom. The van der Waals surface area contributed by atoms with Gasteiger partial charge in [-0.1, -0.05) is 38.1 Å². The molecule has 0 aliphatic heterocycles. The number of rotatable bonds is 6. The van der Waals surface area contributed by atoms with Gasteiger partial charge in [0.1, 0.15) is 6.10 Å². The molecule has 1 amide bonds. The topological polar surface area (TPSA) is 110 Å². The van der Waals surface area contributed by atoms with Crippen molar-refractivity contribution in [1.29, 1.82) is 0 Å². The van der Waals surface area contributed by atoms with Gasteiger partial charge in [-0.15, -0.1) is 0 Å². The molecular weight excluding hydrogens is 262 g/mol. The zero-order valence-corrected chi connectivity index (χ0v) is 11.4. The molecule has 3 N–H and O–H groups in total. The molecule has 1 aromatic carbocycles. The molecule has 0 saturated heterocycles. The lowest BCUT2D eigenvalue weighted by atomic mass is 9.87. The number of nitrogens with one attached hydrogen (secondary N) is 1. The summed E-state index contributed by atoms with van der Waals surface area (Å²) in [5.41, 5.74) is -0.179. The lowest BCUT2D eigenvalue weighted by molar-refractivity contribution is -0.255. The summed E-state index contributed by atoms with van der Waals surface area (Å²) in [6, 6.07) is 5.86. The first-order valence-corrected chi connectivity index (χ1v) is 6.15. The van der Waals surface area contributed by atoms with E-state index in [-0.39, 0.29) is 18.7 Å². The van der Waals surface area contributed by atoms with Gasteiger partial charge in [-0.2, -0.15) is 0 Å². The molecule has 1 atom stereocenters. The summed E-state index contributed by atoms with van der Waals surface area (Å²) in [5.74, 6) is -1.85. The maximum atomic E-state index is 11.7. The van der Waals surface area contributed by atoms with Crippen LogP contribution < -0.4 is 10.4 Å². The zero-order chi connectivity index (χ0) is 15.3. The largest absolute Gasteiger partial charge is 0.545 e. The van der Waals surface area contributed by atoms with Crippen molar-refractivity contribution in [3.05, 3.63) is 35.4 Å². The highest BCUT2D eigenvalue weighted by Crippen LogP contribution is 2.19. The molecule has 6 heteroatoms. The number of carbonyl (C=O) groups is 2. The second-order valence-electron chi connectivity index (χ2n) is 5.25. The van der Waals surface area contributed by atoms with Gasteiger partial charge in [0, 0.05) is 12.0 Å². The van der Waals surface area contributed by atoms with Crippen molar-refractivity contribution in [2.45, 2.75) is 26.5 Å². The first-order chi connectivity index (χ1) is 9.27. The third-order valence-electron chi connectivity index (χ3n) is 3.05. The molecule has 20 heavy (non-hydrogen) atoms. The van der Waals surface area contributed by atoms with Gasteiger partial charge >= 0.3 is 0 Å². The monoisotopic (exact) mass is 280 g/mol. The molecule has 0 aliphatic rings. The molecule has 1 aromatic rings. The Morgan fingerprint density at radius 3 is 2.30 bits per heavy atom. The maximum Gasteiger partial charge on any atom is 0.249 e. The Morgan fingerprint density at radius 2 is 1.85 bits per heavy atom. The third kappa shape index (κ3) is 4.04. The maximum absolute atomic E-state index is 11.7. The lowest BCUT2D eigenvalue weighted by Crippen LogP contribution is -2.45. The van der Waals surface area contributed by atoms with Crippen molar-refractivity contribution in [3.8, 4) is 0 Å². The smallest absolute Gasteiger partial charge is 0.249 e. The van der Waals surface area contributed by atoms with Crippen molar-refractivity contribution in [2.75, 3.05) is 6.61 Å². The molecule has 1 rings (SSSR count). The van der Waals surface area contributed by atoms with Crippen LogP contribution in [-0.4, -0.2) is 34.8 Å². The van der Waals surface area contributed by atoms with Gasteiger partial charge in [0.25, 0.3) is 0 Å². The number of benzene rings is 1. The van der Waals surface area contributed by atoms with Gasteiger partial charge in [-0.3, -0.25) is 4.79 Å². The fraction of sp³-hybridized carbons (Fsp3) is 0.429. The minimum Gasteiger partial charge on any atom is -0.545 e. The molecular formula is C14H18NO5-. The fourth-order valence-corrected chi connectivity index (χ4v) is 1.49. The Hall–Kier alpha value is -1.92. The second-order valence-corrected chi connectivity index (χ2v) is 5.25. The number of aliphatic hydroxyl groups is 2. The van der Waals surface area contributed by atoms with Gasteiger partial charge in [-0.25, -0.2) is 0 Å². The number of hydrogen-bond acceptors (Lipinski definition) is 5. The van der Waals surface area contributed by atoms with E-state index in [4.69, 9.17) is 5.11 Å². The van der Waals surface area contributed by atoms with Gasteiger partial charge in [-0.05, 0) is 11.1 Å². The molecule has 6 nitrogen and oxygen atoms in total. The van der Waals surface area contributed by atoms with Crippen molar-refractivity contribution in [1.82, 2.24) is 5.32 Å². The van der Waals surface area contributed by atoms with E-state index in [9.17, 15) is 19.8 Å². The lowest BCUT2D eigenvalue weighted by Gasteiger charge is -2.27. The van der Waals surface area contributed by atoms with Gasteiger partial charge in [0.15, 0.2) is 0 Å². The van der Waals surface area contributed by atoms with Crippen LogP contribution in [0.2, 0.25) is 0 Å². The predicted molar refractivity (Wildman–Crippen MR) is 69.5 cm³/mol. The summed E-state index contributed by atoms with van der Waals surface area (Å²) >= 11 is 0. The van der Waals surface area contributed by atoms with Crippen LogP contribution in [0.3, 0.4) is 0 Å². The first-order valence-electron chi connectivity index (χ1n) is 6.15. The SMILES string of the molecule is CC(C)(CO)[C@H](O)C(=O)NCc1ccc(C(=O)[O-])cc1. The van der Waals surface area contributed by atoms with E-state index in [1.165, 1.54) is 12.1 Å². The van der Waals surface area contributed by atoms with Crippen LogP contribution in [0.25, 0.3) is 0 Å². The molecule has 0 radical (unpaired) electrons. The van der Waals surface area contributed by atoms with E-state index in [2.05, 4.69) is 5.32 Å². The number of carbonyl (C=O) groups excluding carboxylic acids is 2. The molecule has 0 aromatic heterocycles. The molecule has 0 unspecified atom stereocenters. The summed E-state index contributed by atoms with van der Waals surface area (Å²) in [6.07, 6.45) is -1.32. The highest BCUT2D eigenvalue weighted by Gasteiger charge is 2.32. The Bertz CT molecular complexity index is 481. The molecule has 0 aliphatic carbocycles. The Labute approximate surface area is 117 Å². The summed E-state index contributed by atoms with van der Waals surface area (Å²) in [4.78, 5) is 22.3. The van der Waals surface area contributed by atoms with E-state index in [1.54, 1.807) is 26.0 Å². The van der Waals surface area contributed by atoms with Crippen molar-refractivity contribution >= 4 is 11.9 Å². The van der Waals surface area contributed by atoms with Crippen molar-refractivity contribution in [2.24, 2.45) is 5.41 Å². The quantitative estimate of drug-likeness (QED) is 0.622. The first kappa shape index (κ1) is 16.1. The Balaban J connectivity index is 2.59. The highest BCUT2D eigenvalue weighted by atomic mass is 16.4. The van der Waals surface area contributed by atoms with E-state index >= 15 is 0 Å². The van der Waals surface area contributed by atoms with Gasteiger partial charge in [0.2, 0.25) is 5.91 Å². The van der Waals surface area contributed by atoms with E-state index < -0.39 is 23.4 Å². The molecule has 0 bridgehead atoms. The number of aromatic carboxylic acids is 1. The highest BCUT2D eigenvalue weighted by molar-refractivity contribution is 5.85. The van der Waals surface area contributed by atoms with E-state index in [1.807, 2.05) is 0 Å².